The van der Waals surface area contributed by atoms with E-state index in [0.29, 0.717) is 17.6 Å². The van der Waals surface area contributed by atoms with Crippen molar-refractivity contribution < 1.29 is 4.79 Å². The lowest BCUT2D eigenvalue weighted by atomic mass is 9.85. The third-order valence-electron chi connectivity index (χ3n) is 4.06. The molecule has 0 heterocycles. The zero-order valence-electron chi connectivity index (χ0n) is 11.8. The summed E-state index contributed by atoms with van der Waals surface area (Å²) in [5, 5.41) is 0. The molecule has 1 nitrogen and oxygen atoms in total. The van der Waals surface area contributed by atoms with Gasteiger partial charge in [-0.3, -0.25) is 4.79 Å². The molecule has 0 aliphatic heterocycles. The van der Waals surface area contributed by atoms with Gasteiger partial charge in [-0.2, -0.15) is 0 Å². The molecule has 0 aromatic rings. The summed E-state index contributed by atoms with van der Waals surface area (Å²) in [6.45, 7) is 12.6. The summed E-state index contributed by atoms with van der Waals surface area (Å²) in [5.41, 5.74) is 3.68. The molecule has 0 unspecified atom stereocenters. The summed E-state index contributed by atoms with van der Waals surface area (Å²) < 4.78 is 0. The molecular formula is C16H26O. The first-order valence-electron chi connectivity index (χ1n) is 6.85. The van der Waals surface area contributed by atoms with Crippen LogP contribution in [0.1, 0.15) is 59.8 Å². The molecule has 0 radical (unpaired) electrons. The van der Waals surface area contributed by atoms with Crippen molar-refractivity contribution in [1.29, 1.82) is 0 Å². The number of hydrogen-bond donors (Lipinski definition) is 0. The molecule has 0 N–H and O–H groups in total. The van der Waals surface area contributed by atoms with E-state index in [9.17, 15) is 4.79 Å². The predicted octanol–water partition coefficient (Wildman–Crippen LogP) is 4.68. The van der Waals surface area contributed by atoms with Gasteiger partial charge in [-0.05, 0) is 44.1 Å². The standard InChI is InChI=1S/C16H26O/c1-6-7-8-14(11(2)3)10-15-12(4)9-16(17)13(15)5/h12,14H,2,6-10H2,1,3-5H3/t12-,14+/m0/s1. The topological polar surface area (TPSA) is 17.1 Å². The van der Waals surface area contributed by atoms with Crippen molar-refractivity contribution in [2.45, 2.75) is 59.8 Å². The van der Waals surface area contributed by atoms with Crippen LogP contribution >= 0.6 is 0 Å². The van der Waals surface area contributed by atoms with Crippen LogP contribution in [-0.2, 0) is 4.79 Å². The molecule has 2 atom stereocenters. The molecule has 0 saturated carbocycles. The maximum absolute atomic E-state index is 11.7. The van der Waals surface area contributed by atoms with Gasteiger partial charge in [-0.25, -0.2) is 0 Å². The van der Waals surface area contributed by atoms with Crippen molar-refractivity contribution in [3.63, 3.8) is 0 Å². The van der Waals surface area contributed by atoms with Crippen molar-refractivity contribution in [3.8, 4) is 0 Å². The molecular weight excluding hydrogens is 208 g/mol. The van der Waals surface area contributed by atoms with Gasteiger partial charge in [0.25, 0.3) is 0 Å². The molecule has 1 aliphatic carbocycles. The number of unbranched alkanes of at least 4 members (excludes halogenated alkanes) is 1. The van der Waals surface area contributed by atoms with E-state index in [-0.39, 0.29) is 0 Å². The summed E-state index contributed by atoms with van der Waals surface area (Å²) in [4.78, 5) is 11.7. The highest BCUT2D eigenvalue weighted by atomic mass is 16.1. The number of rotatable bonds is 6. The first-order valence-corrected chi connectivity index (χ1v) is 6.85. The van der Waals surface area contributed by atoms with Crippen LogP contribution in [0.15, 0.2) is 23.3 Å². The maximum atomic E-state index is 11.7. The molecule has 0 fully saturated rings. The van der Waals surface area contributed by atoms with Gasteiger partial charge in [0.15, 0.2) is 5.78 Å². The average Bonchev–Trinajstić information content (AvgIpc) is 2.49. The molecule has 0 aromatic carbocycles. The van der Waals surface area contributed by atoms with E-state index in [1.165, 1.54) is 30.4 Å². The Morgan fingerprint density at radius 1 is 1.53 bits per heavy atom. The fraction of sp³-hybridized carbons (Fsp3) is 0.688. The normalized spacial score (nSPS) is 22.1. The minimum atomic E-state index is 0.350. The van der Waals surface area contributed by atoms with Gasteiger partial charge in [0.2, 0.25) is 0 Å². The molecule has 0 aromatic heterocycles. The highest BCUT2D eigenvalue weighted by Gasteiger charge is 2.27. The molecule has 0 saturated heterocycles. The third-order valence-corrected chi connectivity index (χ3v) is 4.06. The lowest BCUT2D eigenvalue weighted by Gasteiger charge is -2.20. The second-order valence-electron chi connectivity index (χ2n) is 5.57. The van der Waals surface area contributed by atoms with Crippen LogP contribution in [0, 0.1) is 11.8 Å². The van der Waals surface area contributed by atoms with Crippen molar-refractivity contribution in [2.75, 3.05) is 0 Å². The number of hydrogen-bond acceptors (Lipinski definition) is 1. The number of carbonyl (C=O) groups excluding carboxylic acids is 1. The summed E-state index contributed by atoms with van der Waals surface area (Å²) in [5.74, 6) is 1.36. The summed E-state index contributed by atoms with van der Waals surface area (Å²) >= 11 is 0. The lowest BCUT2D eigenvalue weighted by Crippen LogP contribution is -2.06. The molecule has 1 rings (SSSR count). The van der Waals surface area contributed by atoms with Crippen LogP contribution in [0.25, 0.3) is 0 Å². The summed E-state index contributed by atoms with van der Waals surface area (Å²) in [6.07, 6.45) is 5.47. The van der Waals surface area contributed by atoms with Crippen LogP contribution in [-0.4, -0.2) is 5.78 Å². The highest BCUT2D eigenvalue weighted by Crippen LogP contribution is 2.36. The molecule has 96 valence electrons. The fourth-order valence-electron chi connectivity index (χ4n) is 2.70. The summed E-state index contributed by atoms with van der Waals surface area (Å²) in [6, 6.07) is 0. The second-order valence-corrected chi connectivity index (χ2v) is 5.57. The van der Waals surface area contributed by atoms with Crippen molar-refractivity contribution in [2.24, 2.45) is 11.8 Å². The van der Waals surface area contributed by atoms with Gasteiger partial charge < -0.3 is 0 Å². The molecule has 1 aliphatic rings. The van der Waals surface area contributed by atoms with Crippen LogP contribution in [0.5, 0.6) is 0 Å². The largest absolute Gasteiger partial charge is 0.295 e. The maximum Gasteiger partial charge on any atom is 0.159 e. The van der Waals surface area contributed by atoms with Crippen LogP contribution in [0.4, 0.5) is 0 Å². The Bertz CT molecular complexity index is 335. The van der Waals surface area contributed by atoms with Gasteiger partial charge in [-0.15, -0.1) is 0 Å². The minimum Gasteiger partial charge on any atom is -0.295 e. The Kier molecular flexibility index (Phi) is 5.17. The molecule has 17 heavy (non-hydrogen) atoms. The Labute approximate surface area is 106 Å². The zero-order chi connectivity index (χ0) is 13.0. The Morgan fingerprint density at radius 2 is 2.18 bits per heavy atom. The molecule has 0 amide bonds. The predicted molar refractivity (Wildman–Crippen MR) is 73.9 cm³/mol. The Balaban J connectivity index is 2.73. The first kappa shape index (κ1) is 14.2. The number of allylic oxidation sites excluding steroid dienone is 3. The van der Waals surface area contributed by atoms with Crippen molar-refractivity contribution in [1.82, 2.24) is 0 Å². The van der Waals surface area contributed by atoms with Crippen LogP contribution in [0.3, 0.4) is 0 Å². The number of Topliss-reactive ketones (excluding diaryl/α,β-unsaturated/α-hetero) is 1. The monoisotopic (exact) mass is 234 g/mol. The molecule has 0 bridgehead atoms. The first-order chi connectivity index (χ1) is 7.97. The van der Waals surface area contributed by atoms with E-state index in [1.807, 2.05) is 6.92 Å². The van der Waals surface area contributed by atoms with E-state index in [1.54, 1.807) is 0 Å². The fourth-order valence-corrected chi connectivity index (χ4v) is 2.70. The van der Waals surface area contributed by atoms with E-state index in [0.717, 1.165) is 18.4 Å². The SMILES string of the molecule is C=C(C)[C@H](CCCC)CC1=C(C)C(=O)C[C@@H]1C. The highest BCUT2D eigenvalue weighted by molar-refractivity contribution is 5.98. The van der Waals surface area contributed by atoms with Crippen LogP contribution in [0.2, 0.25) is 0 Å². The van der Waals surface area contributed by atoms with E-state index in [2.05, 4.69) is 27.4 Å². The Hall–Kier alpha value is -0.850. The Morgan fingerprint density at radius 3 is 2.59 bits per heavy atom. The van der Waals surface area contributed by atoms with Crippen molar-refractivity contribution in [3.05, 3.63) is 23.3 Å². The minimum absolute atomic E-state index is 0.350. The molecule has 0 spiro atoms. The van der Waals surface area contributed by atoms with Crippen LogP contribution < -0.4 is 0 Å². The van der Waals surface area contributed by atoms with E-state index >= 15 is 0 Å². The molecule has 1 heteroatoms. The van der Waals surface area contributed by atoms with Gasteiger partial charge >= 0.3 is 0 Å². The number of carbonyl (C=O) groups is 1. The van der Waals surface area contributed by atoms with Gasteiger partial charge in [-0.1, -0.05) is 44.4 Å². The van der Waals surface area contributed by atoms with Gasteiger partial charge in [0, 0.05) is 6.42 Å². The third kappa shape index (κ3) is 3.55. The smallest absolute Gasteiger partial charge is 0.159 e. The van der Waals surface area contributed by atoms with E-state index in [4.69, 9.17) is 0 Å². The lowest BCUT2D eigenvalue weighted by molar-refractivity contribution is -0.115. The average molecular weight is 234 g/mol. The number of ketones is 1. The second kappa shape index (κ2) is 6.18. The quantitative estimate of drug-likeness (QED) is 0.610. The van der Waals surface area contributed by atoms with Gasteiger partial charge in [0.05, 0.1) is 0 Å². The summed E-state index contributed by atoms with van der Waals surface area (Å²) in [7, 11) is 0. The zero-order valence-corrected chi connectivity index (χ0v) is 11.8. The van der Waals surface area contributed by atoms with E-state index < -0.39 is 0 Å². The van der Waals surface area contributed by atoms with Gasteiger partial charge in [0.1, 0.15) is 0 Å². The van der Waals surface area contributed by atoms with Crippen molar-refractivity contribution >= 4 is 5.78 Å².